The summed E-state index contributed by atoms with van der Waals surface area (Å²) in [6.45, 7) is 0. The molecule has 0 aliphatic heterocycles. The molecule has 2 heterocycles. The Morgan fingerprint density at radius 3 is 2.65 bits per heavy atom. The number of pyridine rings is 1. The third kappa shape index (κ3) is 2.10. The molecule has 2 rings (SSSR count). The summed E-state index contributed by atoms with van der Waals surface area (Å²) >= 11 is 0. The number of nitrogens with one attached hydrogen (secondary N) is 1. The van der Waals surface area contributed by atoms with Gasteiger partial charge in [-0.15, -0.1) is 0 Å². The lowest BCUT2D eigenvalue weighted by molar-refractivity contribution is 0.986. The minimum Gasteiger partial charge on any atom is -0.383 e. The number of hydrogen-bond acceptors (Lipinski definition) is 5. The molecule has 0 unspecified atom stereocenters. The van der Waals surface area contributed by atoms with E-state index in [0.29, 0.717) is 17.2 Å². The first-order valence-corrected chi connectivity index (χ1v) is 5.08. The van der Waals surface area contributed by atoms with Gasteiger partial charge in [-0.1, -0.05) is 6.07 Å². The van der Waals surface area contributed by atoms with E-state index >= 15 is 0 Å². The molecule has 0 aromatic carbocycles. The standard InChI is InChI=1S/C11H13N5O/c1-16(2)11-14-9(12)8(10(17)15-11)7-5-3-4-6-13-7/h3-6H,1-2H3,(H3,12,14,15,17). The minimum atomic E-state index is -0.292. The molecule has 0 spiro atoms. The zero-order chi connectivity index (χ0) is 12.4. The Kier molecular flexibility index (Phi) is 2.78. The third-order valence-electron chi connectivity index (χ3n) is 2.28. The lowest BCUT2D eigenvalue weighted by Gasteiger charge is -2.12. The second-order valence-electron chi connectivity index (χ2n) is 3.76. The summed E-state index contributed by atoms with van der Waals surface area (Å²) in [5, 5.41) is 0. The molecular weight excluding hydrogens is 218 g/mol. The number of nitrogens with zero attached hydrogens (tertiary/aromatic N) is 3. The van der Waals surface area contributed by atoms with Crippen LogP contribution < -0.4 is 16.2 Å². The molecule has 0 bridgehead atoms. The molecule has 0 amide bonds. The van der Waals surface area contributed by atoms with Gasteiger partial charge >= 0.3 is 0 Å². The van der Waals surface area contributed by atoms with E-state index in [1.165, 1.54) is 0 Å². The van der Waals surface area contributed by atoms with Crippen LogP contribution in [-0.4, -0.2) is 29.0 Å². The monoisotopic (exact) mass is 231 g/mol. The number of nitrogens with two attached hydrogens (primary N) is 1. The molecule has 6 nitrogen and oxygen atoms in total. The molecule has 2 aromatic rings. The average Bonchev–Trinajstić information content (AvgIpc) is 2.29. The molecule has 17 heavy (non-hydrogen) atoms. The first-order chi connectivity index (χ1) is 8.09. The lowest BCUT2D eigenvalue weighted by Crippen LogP contribution is -2.21. The molecule has 2 aromatic heterocycles. The number of H-pyrrole nitrogens is 1. The largest absolute Gasteiger partial charge is 0.383 e. The van der Waals surface area contributed by atoms with Crippen LogP contribution in [0.5, 0.6) is 0 Å². The number of aromatic nitrogens is 3. The Hall–Kier alpha value is -2.37. The fraction of sp³-hybridized carbons (Fsp3) is 0.182. The average molecular weight is 231 g/mol. The normalized spacial score (nSPS) is 10.2. The minimum absolute atomic E-state index is 0.177. The van der Waals surface area contributed by atoms with Gasteiger partial charge in [0.05, 0.1) is 5.69 Å². The molecule has 0 saturated heterocycles. The van der Waals surface area contributed by atoms with Crippen LogP contribution in [0.15, 0.2) is 29.2 Å². The van der Waals surface area contributed by atoms with Gasteiger partial charge in [-0.05, 0) is 12.1 Å². The number of hydrogen-bond donors (Lipinski definition) is 2. The van der Waals surface area contributed by atoms with Crippen molar-refractivity contribution >= 4 is 11.8 Å². The van der Waals surface area contributed by atoms with E-state index in [2.05, 4.69) is 15.0 Å². The van der Waals surface area contributed by atoms with E-state index < -0.39 is 0 Å². The Morgan fingerprint density at radius 2 is 2.12 bits per heavy atom. The molecule has 0 aliphatic carbocycles. The van der Waals surface area contributed by atoms with Gasteiger partial charge in [0.15, 0.2) is 0 Å². The number of anilines is 2. The highest BCUT2D eigenvalue weighted by atomic mass is 16.1. The first-order valence-electron chi connectivity index (χ1n) is 5.08. The second-order valence-corrected chi connectivity index (χ2v) is 3.76. The van der Waals surface area contributed by atoms with Gasteiger partial charge in [-0.2, -0.15) is 4.98 Å². The molecule has 3 N–H and O–H groups in total. The van der Waals surface area contributed by atoms with E-state index in [-0.39, 0.29) is 11.4 Å². The Balaban J connectivity index is 2.61. The molecule has 0 atom stereocenters. The summed E-state index contributed by atoms with van der Waals surface area (Å²) < 4.78 is 0. The highest BCUT2D eigenvalue weighted by Crippen LogP contribution is 2.18. The summed E-state index contributed by atoms with van der Waals surface area (Å²) in [7, 11) is 3.55. The maximum Gasteiger partial charge on any atom is 0.263 e. The van der Waals surface area contributed by atoms with Crippen LogP contribution in [0.1, 0.15) is 0 Å². The lowest BCUT2D eigenvalue weighted by atomic mass is 10.2. The predicted molar refractivity (Wildman–Crippen MR) is 66.8 cm³/mol. The summed E-state index contributed by atoms with van der Waals surface area (Å²) in [4.78, 5) is 24.5. The summed E-state index contributed by atoms with van der Waals surface area (Å²) in [5.74, 6) is 0.600. The Morgan fingerprint density at radius 1 is 1.35 bits per heavy atom. The highest BCUT2D eigenvalue weighted by molar-refractivity contribution is 5.70. The van der Waals surface area contributed by atoms with Crippen molar-refractivity contribution in [3.63, 3.8) is 0 Å². The van der Waals surface area contributed by atoms with Gasteiger partial charge in [-0.25, -0.2) is 0 Å². The highest BCUT2D eigenvalue weighted by Gasteiger charge is 2.12. The van der Waals surface area contributed by atoms with E-state index in [0.717, 1.165) is 0 Å². The maximum atomic E-state index is 11.9. The molecular formula is C11H13N5O. The zero-order valence-electron chi connectivity index (χ0n) is 9.64. The van der Waals surface area contributed by atoms with Crippen LogP contribution in [0.2, 0.25) is 0 Å². The number of rotatable bonds is 2. The summed E-state index contributed by atoms with van der Waals surface area (Å²) in [5.41, 5.74) is 6.32. The molecule has 6 heteroatoms. The number of nitrogen functional groups attached to an aromatic ring is 1. The fourth-order valence-electron chi connectivity index (χ4n) is 1.45. The van der Waals surface area contributed by atoms with E-state index in [1.54, 1.807) is 43.4 Å². The van der Waals surface area contributed by atoms with Gasteiger partial charge in [0.25, 0.3) is 5.56 Å². The van der Waals surface area contributed by atoms with Crippen molar-refractivity contribution in [2.75, 3.05) is 24.7 Å². The van der Waals surface area contributed by atoms with Gasteiger partial charge in [0, 0.05) is 20.3 Å². The van der Waals surface area contributed by atoms with E-state index in [9.17, 15) is 4.79 Å². The number of aromatic amines is 1. The SMILES string of the molecule is CN(C)c1nc(N)c(-c2ccccn2)c(=O)[nH]1. The topological polar surface area (TPSA) is 87.9 Å². The Labute approximate surface area is 98.1 Å². The van der Waals surface area contributed by atoms with Crippen molar-refractivity contribution in [3.8, 4) is 11.3 Å². The van der Waals surface area contributed by atoms with Crippen LogP contribution in [0.25, 0.3) is 11.3 Å². The van der Waals surface area contributed by atoms with Gasteiger partial charge in [0.2, 0.25) is 5.95 Å². The first kappa shape index (κ1) is 11.1. The maximum absolute atomic E-state index is 11.9. The Bertz CT molecular complexity index is 576. The van der Waals surface area contributed by atoms with Gasteiger partial charge in [0.1, 0.15) is 11.4 Å². The van der Waals surface area contributed by atoms with E-state index in [1.807, 2.05) is 0 Å². The van der Waals surface area contributed by atoms with Crippen molar-refractivity contribution in [2.24, 2.45) is 0 Å². The second kappa shape index (κ2) is 4.25. The molecule has 0 saturated carbocycles. The van der Waals surface area contributed by atoms with Crippen molar-refractivity contribution in [1.82, 2.24) is 15.0 Å². The summed E-state index contributed by atoms with van der Waals surface area (Å²) in [6.07, 6.45) is 1.61. The van der Waals surface area contributed by atoms with Crippen molar-refractivity contribution < 1.29 is 0 Å². The quantitative estimate of drug-likeness (QED) is 0.784. The molecule has 0 fully saturated rings. The fourth-order valence-corrected chi connectivity index (χ4v) is 1.45. The van der Waals surface area contributed by atoms with Gasteiger partial charge < -0.3 is 10.6 Å². The van der Waals surface area contributed by atoms with Crippen LogP contribution >= 0.6 is 0 Å². The van der Waals surface area contributed by atoms with Crippen LogP contribution in [0.4, 0.5) is 11.8 Å². The molecule has 0 radical (unpaired) electrons. The molecule has 0 aliphatic rings. The predicted octanol–water partition coefficient (Wildman–Crippen LogP) is 0.480. The van der Waals surface area contributed by atoms with Crippen molar-refractivity contribution in [1.29, 1.82) is 0 Å². The van der Waals surface area contributed by atoms with Crippen molar-refractivity contribution in [2.45, 2.75) is 0 Å². The summed E-state index contributed by atoms with van der Waals surface area (Å²) in [6, 6.07) is 5.29. The smallest absolute Gasteiger partial charge is 0.263 e. The van der Waals surface area contributed by atoms with Crippen LogP contribution in [-0.2, 0) is 0 Å². The zero-order valence-corrected chi connectivity index (χ0v) is 9.64. The van der Waals surface area contributed by atoms with Crippen molar-refractivity contribution in [3.05, 3.63) is 34.7 Å². The van der Waals surface area contributed by atoms with Crippen LogP contribution in [0, 0.1) is 0 Å². The van der Waals surface area contributed by atoms with E-state index in [4.69, 9.17) is 5.73 Å². The van der Waals surface area contributed by atoms with Crippen LogP contribution in [0.3, 0.4) is 0 Å². The molecule has 88 valence electrons. The van der Waals surface area contributed by atoms with Gasteiger partial charge in [-0.3, -0.25) is 14.8 Å². The third-order valence-corrected chi connectivity index (χ3v) is 2.28.